The molecule has 5 rings (SSSR count). The molecule has 0 aromatic heterocycles. The Kier molecular flexibility index (Phi) is 5.15. The summed E-state index contributed by atoms with van der Waals surface area (Å²) in [5.74, 6) is -1.19. The van der Waals surface area contributed by atoms with Crippen LogP contribution in [-0.4, -0.2) is 23.9 Å². The van der Waals surface area contributed by atoms with Crippen LogP contribution in [0.15, 0.2) is 103 Å². The number of ketones is 1. The first-order valence-electron chi connectivity index (χ1n) is 10.6. The van der Waals surface area contributed by atoms with Crippen LogP contribution in [0.3, 0.4) is 0 Å². The van der Waals surface area contributed by atoms with Crippen molar-refractivity contribution >= 4 is 33.9 Å². The zero-order valence-corrected chi connectivity index (χ0v) is 17.9. The fraction of sp³-hybridized carbons (Fsp3) is 0.0714. The van der Waals surface area contributed by atoms with E-state index >= 15 is 0 Å². The van der Waals surface area contributed by atoms with E-state index < -0.39 is 17.7 Å². The van der Waals surface area contributed by atoms with Crippen molar-refractivity contribution in [1.82, 2.24) is 0 Å². The lowest BCUT2D eigenvalue weighted by Crippen LogP contribution is -2.29. The molecule has 0 radical (unpaired) electrons. The highest BCUT2D eigenvalue weighted by Crippen LogP contribution is 2.44. The van der Waals surface area contributed by atoms with Crippen LogP contribution in [0.5, 0.6) is 5.75 Å². The molecule has 1 N–H and O–H groups in total. The van der Waals surface area contributed by atoms with E-state index in [1.807, 2.05) is 66.7 Å². The van der Waals surface area contributed by atoms with E-state index in [0.717, 1.165) is 10.8 Å². The summed E-state index contributed by atoms with van der Waals surface area (Å²) in [5.41, 5.74) is 1.71. The molecule has 0 aliphatic carbocycles. The van der Waals surface area contributed by atoms with Gasteiger partial charge in [0.1, 0.15) is 11.5 Å². The third kappa shape index (κ3) is 3.44. The molecule has 4 aromatic rings. The topological polar surface area (TPSA) is 66.8 Å². The van der Waals surface area contributed by atoms with Crippen LogP contribution in [0.25, 0.3) is 16.5 Å². The van der Waals surface area contributed by atoms with Crippen molar-refractivity contribution in [2.75, 3.05) is 12.0 Å². The number of rotatable bonds is 4. The van der Waals surface area contributed by atoms with Crippen molar-refractivity contribution < 1.29 is 19.4 Å². The summed E-state index contributed by atoms with van der Waals surface area (Å²) >= 11 is 0. The predicted octanol–water partition coefficient (Wildman–Crippen LogP) is 5.47. The van der Waals surface area contributed by atoms with Crippen LogP contribution < -0.4 is 9.64 Å². The number of hydrogen-bond acceptors (Lipinski definition) is 4. The van der Waals surface area contributed by atoms with Crippen LogP contribution in [0, 0.1) is 0 Å². The van der Waals surface area contributed by atoms with Crippen LogP contribution >= 0.6 is 0 Å². The Labute approximate surface area is 191 Å². The molecule has 1 unspecified atom stereocenters. The molecule has 1 saturated heterocycles. The van der Waals surface area contributed by atoms with Gasteiger partial charge < -0.3 is 9.84 Å². The van der Waals surface area contributed by atoms with Crippen LogP contribution in [-0.2, 0) is 9.59 Å². The number of Topliss-reactive ketones (excluding diaryl/α,β-unsaturated/α-hetero) is 1. The minimum absolute atomic E-state index is 0.0485. The first-order valence-corrected chi connectivity index (χ1v) is 10.6. The molecule has 5 heteroatoms. The zero-order valence-electron chi connectivity index (χ0n) is 17.9. The number of carbonyl (C=O) groups excluding carboxylic acids is 2. The molecule has 1 atom stereocenters. The van der Waals surface area contributed by atoms with Gasteiger partial charge in [-0.25, -0.2) is 0 Å². The Hall–Kier alpha value is -4.38. The second-order valence-corrected chi connectivity index (χ2v) is 7.81. The minimum atomic E-state index is -0.797. The number of benzene rings is 4. The lowest BCUT2D eigenvalue weighted by Gasteiger charge is -2.26. The van der Waals surface area contributed by atoms with Crippen molar-refractivity contribution in [2.24, 2.45) is 0 Å². The summed E-state index contributed by atoms with van der Waals surface area (Å²) < 4.78 is 5.47. The second-order valence-electron chi connectivity index (χ2n) is 7.81. The highest BCUT2D eigenvalue weighted by Gasteiger charge is 2.47. The average Bonchev–Trinajstić information content (AvgIpc) is 3.13. The molecule has 5 nitrogen and oxygen atoms in total. The molecule has 1 fully saturated rings. The van der Waals surface area contributed by atoms with Crippen LogP contribution in [0.1, 0.15) is 17.2 Å². The molecule has 1 heterocycles. The fourth-order valence-electron chi connectivity index (χ4n) is 4.35. The number of aliphatic hydroxyl groups is 1. The van der Waals surface area contributed by atoms with Crippen molar-refractivity contribution in [2.45, 2.75) is 6.04 Å². The van der Waals surface area contributed by atoms with Gasteiger partial charge in [0.05, 0.1) is 24.4 Å². The van der Waals surface area contributed by atoms with Gasteiger partial charge in [0, 0.05) is 5.56 Å². The van der Waals surface area contributed by atoms with Gasteiger partial charge in [0.2, 0.25) is 0 Å². The number of hydrogen-bond donors (Lipinski definition) is 1. The lowest BCUT2D eigenvalue weighted by molar-refractivity contribution is -0.132. The normalized spacial score (nSPS) is 17.5. The van der Waals surface area contributed by atoms with Crippen molar-refractivity contribution in [1.29, 1.82) is 0 Å². The molecule has 0 saturated carbocycles. The Morgan fingerprint density at radius 1 is 0.818 bits per heavy atom. The SMILES string of the molecule is COc1ccccc1N1C(=O)C(=O)/C(=C(\O)c2ccc3ccccc3c2)C1c1ccccc1. The Balaban J connectivity index is 1.74. The number of methoxy groups -OCH3 is 1. The van der Waals surface area contributed by atoms with Crippen LogP contribution in [0.2, 0.25) is 0 Å². The average molecular weight is 435 g/mol. The highest BCUT2D eigenvalue weighted by atomic mass is 16.5. The number of carbonyl (C=O) groups is 2. The van der Waals surface area contributed by atoms with E-state index in [1.54, 1.807) is 30.3 Å². The smallest absolute Gasteiger partial charge is 0.300 e. The maximum atomic E-state index is 13.3. The summed E-state index contributed by atoms with van der Waals surface area (Å²) in [5, 5.41) is 13.3. The number of aliphatic hydroxyl groups excluding tert-OH is 1. The van der Waals surface area contributed by atoms with E-state index in [0.29, 0.717) is 22.6 Å². The van der Waals surface area contributed by atoms with Crippen molar-refractivity contribution in [3.8, 4) is 5.75 Å². The first-order chi connectivity index (χ1) is 16.1. The maximum Gasteiger partial charge on any atom is 0.300 e. The molecule has 0 bridgehead atoms. The first kappa shape index (κ1) is 20.5. The van der Waals surface area contributed by atoms with Gasteiger partial charge in [0.25, 0.3) is 11.7 Å². The Morgan fingerprint density at radius 2 is 1.48 bits per heavy atom. The van der Waals surface area contributed by atoms with E-state index in [2.05, 4.69) is 0 Å². The monoisotopic (exact) mass is 435 g/mol. The molecule has 4 aromatic carbocycles. The van der Waals surface area contributed by atoms with Gasteiger partial charge in [-0.05, 0) is 34.5 Å². The van der Waals surface area contributed by atoms with Gasteiger partial charge in [-0.15, -0.1) is 0 Å². The molecule has 1 aliphatic rings. The molecule has 0 spiro atoms. The quantitative estimate of drug-likeness (QED) is 0.262. The molecular formula is C28H21NO4. The molecule has 1 amide bonds. The van der Waals surface area contributed by atoms with Gasteiger partial charge in [-0.3, -0.25) is 14.5 Å². The zero-order chi connectivity index (χ0) is 22.9. The third-order valence-corrected chi connectivity index (χ3v) is 5.93. The number of nitrogens with zero attached hydrogens (tertiary/aromatic N) is 1. The van der Waals surface area contributed by atoms with E-state index in [-0.39, 0.29) is 11.3 Å². The summed E-state index contributed by atoms with van der Waals surface area (Å²) in [6.45, 7) is 0. The van der Waals surface area contributed by atoms with Gasteiger partial charge >= 0.3 is 0 Å². The van der Waals surface area contributed by atoms with Crippen molar-refractivity contribution in [3.63, 3.8) is 0 Å². The van der Waals surface area contributed by atoms with Crippen molar-refractivity contribution in [3.05, 3.63) is 114 Å². The van der Waals surface area contributed by atoms with Crippen LogP contribution in [0.4, 0.5) is 5.69 Å². The van der Waals surface area contributed by atoms with E-state index in [1.165, 1.54) is 12.0 Å². The number of anilines is 1. The summed E-state index contributed by atoms with van der Waals surface area (Å²) in [6.07, 6.45) is 0. The maximum absolute atomic E-state index is 13.3. The van der Waals surface area contributed by atoms with Gasteiger partial charge in [-0.2, -0.15) is 0 Å². The number of amides is 1. The lowest BCUT2D eigenvalue weighted by atomic mass is 9.94. The second kappa shape index (κ2) is 8.28. The highest BCUT2D eigenvalue weighted by molar-refractivity contribution is 6.52. The number of para-hydroxylation sites is 2. The Morgan fingerprint density at radius 3 is 2.24 bits per heavy atom. The standard InChI is InChI=1S/C28H21NO4/c1-33-23-14-8-7-13-22(23)29-25(19-10-3-2-4-11-19)24(27(31)28(29)32)26(30)21-16-15-18-9-5-6-12-20(18)17-21/h2-17,25,30H,1H3/b26-24-. The summed E-state index contributed by atoms with van der Waals surface area (Å²) in [6, 6.07) is 28.7. The summed E-state index contributed by atoms with van der Waals surface area (Å²) in [4.78, 5) is 28.0. The molecule has 1 aliphatic heterocycles. The largest absolute Gasteiger partial charge is 0.507 e. The molecular weight excluding hydrogens is 414 g/mol. The Bertz CT molecular complexity index is 1410. The summed E-state index contributed by atoms with van der Waals surface area (Å²) in [7, 11) is 1.52. The van der Waals surface area contributed by atoms with E-state index in [4.69, 9.17) is 4.74 Å². The minimum Gasteiger partial charge on any atom is -0.507 e. The number of fused-ring (bicyclic) bond motifs is 1. The molecule has 162 valence electrons. The molecule has 33 heavy (non-hydrogen) atoms. The third-order valence-electron chi connectivity index (χ3n) is 5.93. The number of ether oxygens (including phenoxy) is 1. The van der Waals surface area contributed by atoms with E-state index in [9.17, 15) is 14.7 Å². The van der Waals surface area contributed by atoms with Gasteiger partial charge in [-0.1, -0.05) is 78.9 Å². The fourth-order valence-corrected chi connectivity index (χ4v) is 4.35. The van der Waals surface area contributed by atoms with Gasteiger partial charge in [0.15, 0.2) is 0 Å². The predicted molar refractivity (Wildman–Crippen MR) is 128 cm³/mol.